The highest BCUT2D eigenvalue weighted by molar-refractivity contribution is 5.96. The van der Waals surface area contributed by atoms with Gasteiger partial charge in [0.1, 0.15) is 36.3 Å². The van der Waals surface area contributed by atoms with Gasteiger partial charge in [-0.2, -0.15) is 0 Å². The smallest absolute Gasteiger partial charge is 0.326 e. The number of carboxylic acid groups (broad SMARTS) is 3. The Hall–Kier alpha value is -5.88. The largest absolute Gasteiger partial charge is 0.481 e. The average molecular weight is 758 g/mol. The number of carboxylic acids is 3. The van der Waals surface area contributed by atoms with Crippen molar-refractivity contribution in [2.75, 3.05) is 13.2 Å². The molecule has 0 saturated carbocycles. The molecule has 1 aromatic rings. The SMILES string of the molecule is CC(O)C(NC(=O)C(CCC(=O)O)NC(=O)C(Cc1cnc[nH]1)NC(=O)C(CCC(=O)O)NC(=O)C(N)CO)C(=O)NC(CCCN=C(N)N)C(=O)O. The third-order valence-corrected chi connectivity index (χ3v) is 7.33. The molecule has 1 heterocycles. The van der Waals surface area contributed by atoms with Crippen LogP contribution in [0.25, 0.3) is 0 Å². The lowest BCUT2D eigenvalue weighted by atomic mass is 10.0. The maximum atomic E-state index is 13.6. The zero-order chi connectivity index (χ0) is 40.2. The molecule has 53 heavy (non-hydrogen) atoms. The van der Waals surface area contributed by atoms with Crippen molar-refractivity contribution in [3.05, 3.63) is 18.2 Å². The lowest BCUT2D eigenvalue weighted by Crippen LogP contribution is -2.61. The lowest BCUT2D eigenvalue weighted by molar-refractivity contribution is -0.143. The summed E-state index contributed by atoms with van der Waals surface area (Å²) >= 11 is 0. The molecule has 0 spiro atoms. The number of hydrogen-bond donors (Lipinski definition) is 14. The molecule has 7 atom stereocenters. The van der Waals surface area contributed by atoms with E-state index >= 15 is 0 Å². The molecule has 0 fully saturated rings. The Morgan fingerprint density at radius 3 is 1.75 bits per heavy atom. The number of aromatic amines is 1. The van der Waals surface area contributed by atoms with Gasteiger partial charge < -0.3 is 74.3 Å². The third kappa shape index (κ3) is 17.3. The van der Waals surface area contributed by atoms with Crippen LogP contribution in [0.15, 0.2) is 17.5 Å². The summed E-state index contributed by atoms with van der Waals surface area (Å²) in [5.41, 5.74) is 16.3. The van der Waals surface area contributed by atoms with Crippen molar-refractivity contribution in [3.63, 3.8) is 0 Å². The van der Waals surface area contributed by atoms with Gasteiger partial charge in [-0.05, 0) is 32.6 Å². The van der Waals surface area contributed by atoms with E-state index in [-0.39, 0.29) is 37.5 Å². The molecule has 296 valence electrons. The number of amides is 5. The van der Waals surface area contributed by atoms with Crippen LogP contribution < -0.4 is 43.8 Å². The number of imidazole rings is 1. The van der Waals surface area contributed by atoms with Crippen LogP contribution in [-0.2, 0) is 44.8 Å². The highest BCUT2D eigenvalue weighted by atomic mass is 16.4. The zero-order valence-electron chi connectivity index (χ0n) is 28.7. The molecule has 17 N–H and O–H groups in total. The van der Waals surface area contributed by atoms with Crippen LogP contribution >= 0.6 is 0 Å². The Morgan fingerprint density at radius 1 is 0.774 bits per heavy atom. The number of aliphatic hydroxyl groups excluding tert-OH is 2. The summed E-state index contributed by atoms with van der Waals surface area (Å²) in [6.45, 7) is 0.343. The highest BCUT2D eigenvalue weighted by Crippen LogP contribution is 2.08. The monoisotopic (exact) mass is 757 g/mol. The Bertz CT molecular complexity index is 1450. The number of aliphatic hydroxyl groups is 2. The van der Waals surface area contributed by atoms with E-state index in [9.17, 15) is 58.8 Å². The molecule has 0 bridgehead atoms. The number of H-pyrrole nitrogens is 1. The maximum Gasteiger partial charge on any atom is 0.326 e. The molecule has 0 saturated heterocycles. The number of aromatic nitrogens is 2. The van der Waals surface area contributed by atoms with E-state index < -0.39 is 122 Å². The van der Waals surface area contributed by atoms with Gasteiger partial charge in [-0.25, -0.2) is 9.78 Å². The Morgan fingerprint density at radius 2 is 1.28 bits per heavy atom. The first-order chi connectivity index (χ1) is 24.9. The number of carbonyl (C=O) groups excluding carboxylic acids is 5. The topological polar surface area (TPSA) is 417 Å². The van der Waals surface area contributed by atoms with E-state index in [1.807, 2.05) is 0 Å². The first-order valence-electron chi connectivity index (χ1n) is 16.1. The fourth-order valence-corrected chi connectivity index (χ4v) is 4.49. The number of hydrogen-bond acceptors (Lipinski definition) is 13. The molecule has 0 aromatic carbocycles. The molecule has 0 radical (unpaired) electrons. The molecule has 0 aliphatic rings. The summed E-state index contributed by atoms with van der Waals surface area (Å²) in [5, 5.41) is 58.7. The quantitative estimate of drug-likeness (QED) is 0.0251. The Balaban J connectivity index is 3.30. The molecular formula is C29H47N11O13. The predicted octanol–water partition coefficient (Wildman–Crippen LogP) is -6.06. The van der Waals surface area contributed by atoms with E-state index in [1.54, 1.807) is 0 Å². The van der Waals surface area contributed by atoms with E-state index in [4.69, 9.17) is 22.3 Å². The minimum Gasteiger partial charge on any atom is -0.481 e. The summed E-state index contributed by atoms with van der Waals surface area (Å²) in [5.74, 6) is -9.84. The predicted molar refractivity (Wildman–Crippen MR) is 180 cm³/mol. The van der Waals surface area contributed by atoms with Gasteiger partial charge in [-0.1, -0.05) is 0 Å². The molecule has 24 nitrogen and oxygen atoms in total. The first kappa shape index (κ1) is 45.1. The molecule has 0 aliphatic heterocycles. The molecule has 7 unspecified atom stereocenters. The van der Waals surface area contributed by atoms with Gasteiger partial charge in [0.25, 0.3) is 0 Å². The van der Waals surface area contributed by atoms with Gasteiger partial charge in [0.15, 0.2) is 5.96 Å². The van der Waals surface area contributed by atoms with E-state index in [0.29, 0.717) is 0 Å². The molecule has 5 amide bonds. The van der Waals surface area contributed by atoms with Crippen molar-refractivity contribution >= 4 is 53.4 Å². The van der Waals surface area contributed by atoms with Crippen molar-refractivity contribution in [3.8, 4) is 0 Å². The molecule has 1 rings (SSSR count). The number of guanidine groups is 1. The van der Waals surface area contributed by atoms with Crippen LogP contribution in [0, 0.1) is 0 Å². The van der Waals surface area contributed by atoms with Crippen molar-refractivity contribution in [2.45, 2.75) is 94.2 Å². The van der Waals surface area contributed by atoms with Crippen LogP contribution in [0.5, 0.6) is 0 Å². The molecule has 24 heteroatoms. The second-order valence-electron chi connectivity index (χ2n) is 11.7. The van der Waals surface area contributed by atoms with Crippen LogP contribution in [0.3, 0.4) is 0 Å². The second kappa shape index (κ2) is 22.8. The fourth-order valence-electron chi connectivity index (χ4n) is 4.49. The molecule has 1 aromatic heterocycles. The van der Waals surface area contributed by atoms with Crippen molar-refractivity contribution < 1.29 is 63.9 Å². The third-order valence-electron chi connectivity index (χ3n) is 7.33. The zero-order valence-corrected chi connectivity index (χ0v) is 28.7. The van der Waals surface area contributed by atoms with Crippen molar-refractivity contribution in [1.29, 1.82) is 0 Å². The van der Waals surface area contributed by atoms with Crippen LogP contribution in [0.4, 0.5) is 0 Å². The van der Waals surface area contributed by atoms with Gasteiger partial charge in [-0.3, -0.25) is 38.6 Å². The van der Waals surface area contributed by atoms with Gasteiger partial charge in [0.05, 0.1) is 19.0 Å². The summed E-state index contributed by atoms with van der Waals surface area (Å²) in [6, 6.07) is -9.61. The maximum absolute atomic E-state index is 13.6. The first-order valence-corrected chi connectivity index (χ1v) is 16.1. The highest BCUT2D eigenvalue weighted by Gasteiger charge is 2.35. The van der Waals surface area contributed by atoms with Gasteiger partial charge >= 0.3 is 17.9 Å². The van der Waals surface area contributed by atoms with Gasteiger partial charge in [0, 0.05) is 37.7 Å². The molecular weight excluding hydrogens is 710 g/mol. The summed E-state index contributed by atoms with van der Waals surface area (Å²) in [7, 11) is 0. The fraction of sp³-hybridized carbons (Fsp3) is 0.586. The van der Waals surface area contributed by atoms with Crippen LogP contribution in [-0.4, -0.2) is 144 Å². The average Bonchev–Trinajstić information content (AvgIpc) is 3.60. The minimum atomic E-state index is -1.80. The second-order valence-corrected chi connectivity index (χ2v) is 11.7. The van der Waals surface area contributed by atoms with Gasteiger partial charge in [-0.15, -0.1) is 0 Å². The normalized spacial score (nSPS) is 14.8. The van der Waals surface area contributed by atoms with Crippen molar-refractivity contribution in [1.82, 2.24) is 36.6 Å². The van der Waals surface area contributed by atoms with Crippen LogP contribution in [0.1, 0.15) is 51.1 Å². The number of nitrogens with two attached hydrogens (primary N) is 3. The van der Waals surface area contributed by atoms with E-state index in [0.717, 1.165) is 6.92 Å². The van der Waals surface area contributed by atoms with Crippen molar-refractivity contribution in [2.24, 2.45) is 22.2 Å². The minimum absolute atomic E-state index is 0.0425. The number of rotatable bonds is 25. The number of nitrogens with zero attached hydrogens (tertiary/aromatic N) is 2. The summed E-state index contributed by atoms with van der Waals surface area (Å²) in [6.07, 6.45) is -1.74. The van der Waals surface area contributed by atoms with Gasteiger partial charge in [0.2, 0.25) is 29.5 Å². The van der Waals surface area contributed by atoms with E-state index in [1.165, 1.54) is 12.5 Å². The standard InChI is InChI=1S/C29H47N11O13/c1-13(42)22(27(51)38-18(28(52)53)3-2-8-34-29(31)32)40-25(49)17(5-7-21(45)46)37-26(50)19(9-14-10-33-12-35-14)39-24(48)16(4-6-20(43)44)36-23(47)15(30)11-41/h10,12-13,15-19,22,41-42H,2-9,11,30H2,1H3,(H,33,35)(H,36,47)(H,37,50)(H,38,51)(H,39,48)(H,40,49)(H,43,44)(H,45,46)(H,52,53)(H4,31,32,34). The van der Waals surface area contributed by atoms with E-state index in [2.05, 4.69) is 41.5 Å². The Kier molecular flexibility index (Phi) is 19.5. The summed E-state index contributed by atoms with van der Waals surface area (Å²) < 4.78 is 0. The number of nitrogens with one attached hydrogen (secondary N) is 6. The number of aliphatic imine (C=N–C) groups is 1. The summed E-state index contributed by atoms with van der Waals surface area (Å²) in [4.78, 5) is 110. The number of carbonyl (C=O) groups is 8. The number of aliphatic carboxylic acids is 3. The van der Waals surface area contributed by atoms with Crippen LogP contribution in [0.2, 0.25) is 0 Å². The molecule has 0 aliphatic carbocycles. The lowest BCUT2D eigenvalue weighted by Gasteiger charge is -2.27. The Labute approximate surface area is 301 Å².